The normalized spacial score (nSPS) is 11.3. The zero-order valence-corrected chi connectivity index (χ0v) is 19.8. The number of benzene rings is 3. The van der Waals surface area contributed by atoms with Crippen LogP contribution in [0.15, 0.2) is 81.2 Å². The van der Waals surface area contributed by atoms with E-state index in [1.165, 1.54) is 24.4 Å². The fourth-order valence-corrected chi connectivity index (χ4v) is 4.09. The van der Waals surface area contributed by atoms with Gasteiger partial charge in [-0.15, -0.1) is 0 Å². The molecular formula is C23H21BrN2O5S. The van der Waals surface area contributed by atoms with E-state index >= 15 is 0 Å². The van der Waals surface area contributed by atoms with Gasteiger partial charge in [0.15, 0.2) is 11.5 Å². The Morgan fingerprint density at radius 1 is 1.06 bits per heavy atom. The Bertz CT molecular complexity index is 1240. The third-order valence-corrected chi connectivity index (χ3v) is 6.21. The summed E-state index contributed by atoms with van der Waals surface area (Å²) in [5.74, 6) is -0.0750. The fraction of sp³-hybridized carbons (Fsp3) is 0.130. The molecule has 0 aliphatic carbocycles. The van der Waals surface area contributed by atoms with Gasteiger partial charge in [0.1, 0.15) is 4.90 Å². The molecule has 0 spiro atoms. The zero-order valence-electron chi connectivity index (χ0n) is 17.4. The molecule has 3 rings (SSSR count). The number of carbonyl (C=O) groups is 1. The van der Waals surface area contributed by atoms with Crippen molar-refractivity contribution in [2.75, 3.05) is 6.61 Å². The summed E-state index contributed by atoms with van der Waals surface area (Å²) in [4.78, 5) is 12.3. The van der Waals surface area contributed by atoms with Crippen LogP contribution in [0, 0.1) is 6.92 Å². The van der Waals surface area contributed by atoms with E-state index in [2.05, 4.69) is 26.5 Å². The molecule has 3 aromatic carbocycles. The SMILES string of the molecule is CCOc1cc(/C=N\NC(=O)c2ccccc2Br)ccc1OS(=O)(=O)c1ccc(C)cc1. The van der Waals surface area contributed by atoms with Crippen molar-refractivity contribution in [3.63, 3.8) is 0 Å². The van der Waals surface area contributed by atoms with Crippen molar-refractivity contribution in [3.05, 3.63) is 87.9 Å². The smallest absolute Gasteiger partial charge is 0.339 e. The third-order valence-electron chi connectivity index (χ3n) is 4.27. The summed E-state index contributed by atoms with van der Waals surface area (Å²) in [5, 5.41) is 3.96. The molecule has 9 heteroatoms. The van der Waals surface area contributed by atoms with Crippen LogP contribution in [0.25, 0.3) is 0 Å². The average Bonchev–Trinajstić information content (AvgIpc) is 2.76. The highest BCUT2D eigenvalue weighted by Crippen LogP contribution is 2.31. The lowest BCUT2D eigenvalue weighted by Crippen LogP contribution is -2.18. The highest BCUT2D eigenvalue weighted by molar-refractivity contribution is 9.10. The maximum absolute atomic E-state index is 12.6. The van der Waals surface area contributed by atoms with E-state index in [0.29, 0.717) is 22.2 Å². The van der Waals surface area contributed by atoms with Crippen LogP contribution < -0.4 is 14.3 Å². The predicted molar refractivity (Wildman–Crippen MR) is 126 cm³/mol. The number of carbonyl (C=O) groups excluding carboxylic acids is 1. The fourth-order valence-electron chi connectivity index (χ4n) is 2.68. The van der Waals surface area contributed by atoms with Crippen molar-refractivity contribution in [2.24, 2.45) is 5.10 Å². The molecule has 3 aromatic rings. The Kier molecular flexibility index (Phi) is 7.66. The number of hydrazone groups is 1. The summed E-state index contributed by atoms with van der Waals surface area (Å²) < 4.78 is 36.7. The molecule has 0 aliphatic heterocycles. The predicted octanol–water partition coefficient (Wildman–Crippen LogP) is 4.69. The van der Waals surface area contributed by atoms with Crippen LogP contribution in [-0.4, -0.2) is 27.1 Å². The molecule has 0 radical (unpaired) electrons. The molecule has 0 saturated heterocycles. The Morgan fingerprint density at radius 2 is 1.78 bits per heavy atom. The van der Waals surface area contributed by atoms with Gasteiger partial charge in [0.2, 0.25) is 0 Å². The first-order chi connectivity index (χ1) is 15.3. The van der Waals surface area contributed by atoms with Gasteiger partial charge in [-0.05, 0) is 77.8 Å². The standard InChI is InChI=1S/C23H21BrN2O5S/c1-3-30-22-14-17(15-25-26-23(27)19-6-4-5-7-20(19)24)10-13-21(22)31-32(28,29)18-11-8-16(2)9-12-18/h4-15H,3H2,1-2H3,(H,26,27)/b25-15-. The van der Waals surface area contributed by atoms with Gasteiger partial charge in [0.25, 0.3) is 5.91 Å². The monoisotopic (exact) mass is 516 g/mol. The molecule has 0 atom stereocenters. The first kappa shape index (κ1) is 23.5. The number of halogens is 1. The molecule has 0 bridgehead atoms. The van der Waals surface area contributed by atoms with E-state index < -0.39 is 10.1 Å². The Labute approximate surface area is 195 Å². The molecule has 0 aliphatic rings. The number of amides is 1. The van der Waals surface area contributed by atoms with Gasteiger partial charge >= 0.3 is 10.1 Å². The minimum absolute atomic E-state index is 0.0472. The molecule has 32 heavy (non-hydrogen) atoms. The minimum Gasteiger partial charge on any atom is -0.490 e. The van der Waals surface area contributed by atoms with E-state index in [9.17, 15) is 13.2 Å². The molecule has 1 amide bonds. The minimum atomic E-state index is -4.02. The second-order valence-corrected chi connectivity index (χ2v) is 9.07. The summed E-state index contributed by atoms with van der Waals surface area (Å²) in [6.07, 6.45) is 1.43. The van der Waals surface area contributed by atoms with Crippen LogP contribution in [0.5, 0.6) is 11.5 Å². The van der Waals surface area contributed by atoms with Gasteiger partial charge < -0.3 is 8.92 Å². The second-order valence-electron chi connectivity index (χ2n) is 6.67. The lowest BCUT2D eigenvalue weighted by Gasteiger charge is -2.12. The lowest BCUT2D eigenvalue weighted by molar-refractivity contribution is 0.0954. The highest BCUT2D eigenvalue weighted by Gasteiger charge is 2.19. The maximum Gasteiger partial charge on any atom is 0.339 e. The summed E-state index contributed by atoms with van der Waals surface area (Å²) in [7, 11) is -4.02. The topological polar surface area (TPSA) is 94.1 Å². The van der Waals surface area contributed by atoms with Crippen LogP contribution in [0.1, 0.15) is 28.4 Å². The quantitative estimate of drug-likeness (QED) is 0.266. The largest absolute Gasteiger partial charge is 0.490 e. The Hall–Kier alpha value is -3.17. The number of nitrogens with zero attached hydrogens (tertiary/aromatic N) is 1. The van der Waals surface area contributed by atoms with Crippen molar-refractivity contribution in [1.29, 1.82) is 0 Å². The van der Waals surface area contributed by atoms with Crippen LogP contribution in [-0.2, 0) is 10.1 Å². The first-order valence-electron chi connectivity index (χ1n) is 9.66. The summed E-state index contributed by atoms with van der Waals surface area (Å²) in [5.41, 5.74) is 4.42. The molecule has 7 nitrogen and oxygen atoms in total. The number of hydrogen-bond donors (Lipinski definition) is 1. The van der Waals surface area contributed by atoms with Gasteiger partial charge in [-0.2, -0.15) is 13.5 Å². The van der Waals surface area contributed by atoms with Crippen LogP contribution >= 0.6 is 15.9 Å². The van der Waals surface area contributed by atoms with Crippen molar-refractivity contribution < 1.29 is 22.1 Å². The van der Waals surface area contributed by atoms with Crippen molar-refractivity contribution in [2.45, 2.75) is 18.7 Å². The maximum atomic E-state index is 12.6. The Balaban J connectivity index is 1.77. The van der Waals surface area contributed by atoms with E-state index in [1.54, 1.807) is 49.4 Å². The average molecular weight is 517 g/mol. The molecule has 0 unspecified atom stereocenters. The van der Waals surface area contributed by atoms with E-state index in [0.717, 1.165) is 5.56 Å². The lowest BCUT2D eigenvalue weighted by atomic mass is 10.2. The van der Waals surface area contributed by atoms with E-state index in [-0.39, 0.29) is 22.3 Å². The van der Waals surface area contributed by atoms with Gasteiger partial charge in [-0.3, -0.25) is 4.79 Å². The van der Waals surface area contributed by atoms with Crippen molar-refractivity contribution in [1.82, 2.24) is 5.43 Å². The van der Waals surface area contributed by atoms with Crippen LogP contribution in [0.4, 0.5) is 0 Å². The molecule has 166 valence electrons. The third kappa shape index (κ3) is 5.95. The number of ether oxygens (including phenoxy) is 1. The number of nitrogens with one attached hydrogen (secondary N) is 1. The number of hydrogen-bond acceptors (Lipinski definition) is 6. The highest BCUT2D eigenvalue weighted by atomic mass is 79.9. The molecule has 0 heterocycles. The molecule has 1 N–H and O–H groups in total. The zero-order chi connectivity index (χ0) is 23.1. The molecule has 0 fully saturated rings. The number of aryl methyl sites for hydroxylation is 1. The number of rotatable bonds is 8. The van der Waals surface area contributed by atoms with Crippen molar-refractivity contribution in [3.8, 4) is 11.5 Å². The summed E-state index contributed by atoms with van der Waals surface area (Å²) >= 11 is 3.32. The second kappa shape index (κ2) is 10.4. The molecule has 0 aromatic heterocycles. The molecular weight excluding hydrogens is 496 g/mol. The van der Waals surface area contributed by atoms with Crippen LogP contribution in [0.2, 0.25) is 0 Å². The molecule has 0 saturated carbocycles. The van der Waals surface area contributed by atoms with Crippen LogP contribution in [0.3, 0.4) is 0 Å². The first-order valence-corrected chi connectivity index (χ1v) is 11.9. The van der Waals surface area contributed by atoms with E-state index in [4.69, 9.17) is 8.92 Å². The van der Waals surface area contributed by atoms with Gasteiger partial charge in [-0.25, -0.2) is 5.43 Å². The van der Waals surface area contributed by atoms with E-state index in [1.807, 2.05) is 13.0 Å². The summed E-state index contributed by atoms with van der Waals surface area (Å²) in [6, 6.07) is 18.0. The van der Waals surface area contributed by atoms with Gasteiger partial charge in [-0.1, -0.05) is 29.8 Å². The van der Waals surface area contributed by atoms with Gasteiger partial charge in [0, 0.05) is 4.47 Å². The van der Waals surface area contributed by atoms with Gasteiger partial charge in [0.05, 0.1) is 18.4 Å². The van der Waals surface area contributed by atoms with Crippen molar-refractivity contribution >= 4 is 38.2 Å². The Morgan fingerprint density at radius 3 is 2.47 bits per heavy atom. The summed E-state index contributed by atoms with van der Waals surface area (Å²) in [6.45, 7) is 3.95.